The molecule has 0 aliphatic heterocycles. The third-order valence-electron chi connectivity index (χ3n) is 2.61. The largest absolute Gasteiger partial charge is 0.294 e. The van der Waals surface area contributed by atoms with Gasteiger partial charge in [-0.2, -0.15) is 0 Å². The summed E-state index contributed by atoms with van der Waals surface area (Å²) in [6, 6.07) is 3.74. The van der Waals surface area contributed by atoms with Gasteiger partial charge in [0.1, 0.15) is 0 Å². The van der Waals surface area contributed by atoms with Gasteiger partial charge in [0.05, 0.1) is 5.92 Å². The minimum atomic E-state index is 0. The molecule has 106 valence electrons. The van der Waals surface area contributed by atoms with Crippen LogP contribution in [0.2, 0.25) is 0 Å². The Hall–Kier alpha value is -0.921. The summed E-state index contributed by atoms with van der Waals surface area (Å²) in [5.74, 6) is 0.735. The number of pyridine rings is 1. The molecule has 0 amide bonds. The first kappa shape index (κ1) is 18.1. The molecular weight excluding hydrogens is 302 g/mol. The maximum absolute atomic E-state index is 11.6. The molecule has 21 heavy (non-hydrogen) atoms. The van der Waals surface area contributed by atoms with Crippen LogP contribution < -0.4 is 0 Å². The van der Waals surface area contributed by atoms with Crippen molar-refractivity contribution in [3.8, 4) is 0 Å². The van der Waals surface area contributed by atoms with Crippen molar-refractivity contribution >= 4 is 11.9 Å². The second-order valence-corrected chi connectivity index (χ2v) is 4.12. The number of hydrogen-bond acceptors (Lipinski definition) is 2. The molecule has 10 radical (unpaired) electrons. The van der Waals surface area contributed by atoms with E-state index in [-0.39, 0.29) is 22.9 Å². The van der Waals surface area contributed by atoms with Gasteiger partial charge in [-0.1, -0.05) is 6.07 Å². The average molecular weight is 317 g/mol. The predicted molar refractivity (Wildman–Crippen MR) is 80.2 cm³/mol. The minimum absolute atomic E-state index is 0. The van der Waals surface area contributed by atoms with Gasteiger partial charge >= 0.3 is 0 Å². The number of ketones is 1. The molecule has 2 saturated carbocycles. The quantitative estimate of drug-likeness (QED) is 0.633. The summed E-state index contributed by atoms with van der Waals surface area (Å²) in [6.45, 7) is 0. The summed E-state index contributed by atoms with van der Waals surface area (Å²) < 4.78 is 0. The fourth-order valence-electron chi connectivity index (χ4n) is 1.60. The van der Waals surface area contributed by atoms with E-state index in [0.717, 1.165) is 11.5 Å². The van der Waals surface area contributed by atoms with Crippen molar-refractivity contribution < 1.29 is 21.9 Å². The molecule has 0 N–H and O–H groups in total. The standard InChI is InChI=1S/C13H10NO.C5H5.Fe/c15-13(12-5-1-2-6-12)8-7-11-4-3-9-14-10-11;1-2-4-5-3-1;/h1-10H;1-5H;/b8-7+;;. The van der Waals surface area contributed by atoms with Crippen LogP contribution in [0, 0.1) is 63.7 Å². The summed E-state index contributed by atoms with van der Waals surface area (Å²) >= 11 is 0. The monoisotopic (exact) mass is 317 g/mol. The van der Waals surface area contributed by atoms with Gasteiger partial charge in [-0.15, -0.1) is 0 Å². The van der Waals surface area contributed by atoms with Crippen molar-refractivity contribution in [3.63, 3.8) is 0 Å². The molecule has 0 aromatic carbocycles. The number of carbonyl (C=O) groups is 1. The van der Waals surface area contributed by atoms with Gasteiger partial charge in [-0.3, -0.25) is 9.78 Å². The molecule has 0 saturated heterocycles. The summed E-state index contributed by atoms with van der Waals surface area (Å²) in [6.07, 6.45) is 24.1. The number of aromatic nitrogens is 1. The van der Waals surface area contributed by atoms with Crippen LogP contribution >= 0.6 is 0 Å². The molecule has 0 spiro atoms. The summed E-state index contributed by atoms with van der Waals surface area (Å²) in [7, 11) is 0. The molecular formula is C18H15FeNO. The molecule has 2 fully saturated rings. The Bertz CT molecular complexity index is 412. The predicted octanol–water partition coefficient (Wildman–Crippen LogP) is 3.09. The minimum Gasteiger partial charge on any atom is -0.294 e. The molecule has 2 aliphatic rings. The maximum Gasteiger partial charge on any atom is 0.163 e. The summed E-state index contributed by atoms with van der Waals surface area (Å²) in [5, 5.41) is 0. The summed E-state index contributed by atoms with van der Waals surface area (Å²) in [5.41, 5.74) is 0.928. The van der Waals surface area contributed by atoms with Gasteiger partial charge in [0.15, 0.2) is 5.78 Å². The third kappa shape index (κ3) is 7.06. The van der Waals surface area contributed by atoms with Crippen LogP contribution in [0.3, 0.4) is 0 Å². The molecule has 0 atom stereocenters. The first-order valence-electron chi connectivity index (χ1n) is 6.37. The van der Waals surface area contributed by atoms with Crippen molar-refractivity contribution in [1.29, 1.82) is 0 Å². The zero-order valence-electron chi connectivity index (χ0n) is 11.4. The SMILES string of the molecule is O=C(/C=C/c1cccnc1)[C]1[CH][CH][CH][CH]1.[CH]1[CH][CH][CH][CH]1.[Fe]. The van der Waals surface area contributed by atoms with Gasteiger partial charge in [-0.05, 0) is 81.6 Å². The van der Waals surface area contributed by atoms with Gasteiger partial charge in [-0.25, -0.2) is 0 Å². The molecule has 0 bridgehead atoms. The van der Waals surface area contributed by atoms with E-state index < -0.39 is 0 Å². The van der Waals surface area contributed by atoms with Crippen LogP contribution in [0.5, 0.6) is 0 Å². The Morgan fingerprint density at radius 2 is 1.57 bits per heavy atom. The Labute approximate surface area is 138 Å². The van der Waals surface area contributed by atoms with Gasteiger partial charge < -0.3 is 0 Å². The van der Waals surface area contributed by atoms with Crippen LogP contribution in [0.25, 0.3) is 6.08 Å². The number of nitrogens with zero attached hydrogens (tertiary/aromatic N) is 1. The fraction of sp³-hybridized carbons (Fsp3) is 0. The topological polar surface area (TPSA) is 30.0 Å². The van der Waals surface area contributed by atoms with Crippen molar-refractivity contribution in [1.82, 2.24) is 4.98 Å². The van der Waals surface area contributed by atoms with E-state index in [2.05, 4.69) is 4.98 Å². The van der Waals surface area contributed by atoms with Crippen molar-refractivity contribution in [3.05, 3.63) is 99.9 Å². The Morgan fingerprint density at radius 3 is 2.10 bits per heavy atom. The van der Waals surface area contributed by atoms with E-state index >= 15 is 0 Å². The van der Waals surface area contributed by atoms with E-state index in [1.54, 1.807) is 37.4 Å². The van der Waals surface area contributed by atoms with Gasteiger partial charge in [0, 0.05) is 29.5 Å². The molecule has 1 aromatic heterocycles. The van der Waals surface area contributed by atoms with Crippen LogP contribution in [-0.4, -0.2) is 10.8 Å². The van der Waals surface area contributed by atoms with E-state index in [4.69, 9.17) is 0 Å². The smallest absolute Gasteiger partial charge is 0.163 e. The van der Waals surface area contributed by atoms with Crippen molar-refractivity contribution in [2.45, 2.75) is 0 Å². The summed E-state index contributed by atoms with van der Waals surface area (Å²) in [4.78, 5) is 15.5. The molecule has 0 unspecified atom stereocenters. The average Bonchev–Trinajstić information content (AvgIpc) is 3.20. The normalized spacial score (nSPS) is 18.1. The molecule has 2 aliphatic carbocycles. The Morgan fingerprint density at radius 1 is 0.952 bits per heavy atom. The van der Waals surface area contributed by atoms with Crippen LogP contribution in [0.15, 0.2) is 30.6 Å². The number of carbonyl (C=O) groups excluding carboxylic acids is 1. The van der Waals surface area contributed by atoms with Gasteiger partial charge in [0.2, 0.25) is 0 Å². The van der Waals surface area contributed by atoms with E-state index in [1.165, 1.54) is 0 Å². The fourth-order valence-corrected chi connectivity index (χ4v) is 1.60. The maximum atomic E-state index is 11.6. The van der Waals surface area contributed by atoms with E-state index in [1.807, 2.05) is 57.1 Å². The second kappa shape index (κ2) is 10.8. The number of rotatable bonds is 3. The molecule has 2 nitrogen and oxygen atoms in total. The Kier molecular flexibility index (Phi) is 9.29. The van der Waals surface area contributed by atoms with Gasteiger partial charge in [0.25, 0.3) is 0 Å². The van der Waals surface area contributed by atoms with E-state index in [9.17, 15) is 4.79 Å². The number of hydrogen-bond donors (Lipinski definition) is 0. The first-order valence-corrected chi connectivity index (χ1v) is 6.37. The zero-order valence-corrected chi connectivity index (χ0v) is 12.5. The molecule has 1 aromatic rings. The van der Waals surface area contributed by atoms with Crippen molar-refractivity contribution in [2.24, 2.45) is 0 Å². The third-order valence-corrected chi connectivity index (χ3v) is 2.61. The number of allylic oxidation sites excluding steroid dienone is 1. The molecule has 3 rings (SSSR count). The van der Waals surface area contributed by atoms with Crippen molar-refractivity contribution in [2.75, 3.05) is 0 Å². The molecule has 1 heterocycles. The second-order valence-electron chi connectivity index (χ2n) is 4.12. The van der Waals surface area contributed by atoms with Crippen LogP contribution in [-0.2, 0) is 21.9 Å². The van der Waals surface area contributed by atoms with E-state index in [0.29, 0.717) is 0 Å². The molecule has 3 heteroatoms. The zero-order chi connectivity index (χ0) is 14.0. The Balaban J connectivity index is 0.000000313. The first-order chi connectivity index (χ1) is 9.86. The van der Waals surface area contributed by atoms with Crippen LogP contribution in [0.4, 0.5) is 0 Å². The van der Waals surface area contributed by atoms with Crippen LogP contribution in [0.1, 0.15) is 5.56 Å².